The molecule has 0 saturated heterocycles. The molecule has 0 fully saturated rings. The summed E-state index contributed by atoms with van der Waals surface area (Å²) < 4.78 is 14.9. The van der Waals surface area contributed by atoms with Crippen molar-refractivity contribution < 1.29 is 23.8 Å². The smallest absolute Gasteiger partial charge is 0.328 e. The highest BCUT2D eigenvalue weighted by Gasteiger charge is 2.25. The van der Waals surface area contributed by atoms with E-state index in [4.69, 9.17) is 14.2 Å². The number of carbonyl (C=O) groups excluding carboxylic acids is 2. The van der Waals surface area contributed by atoms with Gasteiger partial charge in [-0.2, -0.15) is 9.97 Å². The topological polar surface area (TPSA) is 99.6 Å². The molecule has 23 heavy (non-hydrogen) atoms. The van der Waals surface area contributed by atoms with Crippen LogP contribution in [0.15, 0.2) is 6.07 Å². The Morgan fingerprint density at radius 1 is 1.22 bits per heavy atom. The predicted molar refractivity (Wildman–Crippen MR) is 82.5 cm³/mol. The first-order valence-electron chi connectivity index (χ1n) is 7.35. The minimum atomic E-state index is -0.741. The lowest BCUT2D eigenvalue weighted by molar-refractivity contribution is -0.145. The number of hydrogen-bond donors (Lipinski definition) is 1. The van der Waals surface area contributed by atoms with Crippen LogP contribution in [0.3, 0.4) is 0 Å². The second kappa shape index (κ2) is 8.92. The van der Waals surface area contributed by atoms with E-state index in [1.807, 2.05) is 13.8 Å². The fraction of sp³-hybridized carbons (Fsp3) is 0.600. The summed E-state index contributed by atoms with van der Waals surface area (Å²) >= 11 is 0. The van der Waals surface area contributed by atoms with E-state index in [0.717, 1.165) is 0 Å². The van der Waals surface area contributed by atoms with E-state index in [9.17, 15) is 9.59 Å². The molecule has 0 unspecified atom stereocenters. The molecule has 0 radical (unpaired) electrons. The molecule has 1 rings (SSSR count). The van der Waals surface area contributed by atoms with E-state index in [1.165, 1.54) is 20.3 Å². The molecule has 1 atom stereocenters. The summed E-state index contributed by atoms with van der Waals surface area (Å²) in [6.07, 6.45) is 0.462. The van der Waals surface area contributed by atoms with Crippen LogP contribution < -0.4 is 14.8 Å². The molecule has 8 nitrogen and oxygen atoms in total. The third-order valence-electron chi connectivity index (χ3n) is 2.89. The highest BCUT2D eigenvalue weighted by molar-refractivity contribution is 5.95. The summed E-state index contributed by atoms with van der Waals surface area (Å²) in [4.78, 5) is 32.2. The van der Waals surface area contributed by atoms with Crippen molar-refractivity contribution in [2.75, 3.05) is 20.8 Å². The second-order valence-electron chi connectivity index (χ2n) is 5.19. The van der Waals surface area contributed by atoms with E-state index in [2.05, 4.69) is 15.3 Å². The van der Waals surface area contributed by atoms with E-state index >= 15 is 0 Å². The van der Waals surface area contributed by atoms with Crippen molar-refractivity contribution in [3.8, 4) is 11.9 Å². The first-order chi connectivity index (χ1) is 10.9. The van der Waals surface area contributed by atoms with Crippen molar-refractivity contribution >= 4 is 11.9 Å². The Morgan fingerprint density at radius 2 is 1.91 bits per heavy atom. The molecule has 8 heteroatoms. The Labute approximate surface area is 135 Å². The van der Waals surface area contributed by atoms with Gasteiger partial charge in [0, 0.05) is 6.07 Å². The van der Waals surface area contributed by atoms with E-state index in [-0.39, 0.29) is 30.1 Å². The average molecular weight is 325 g/mol. The van der Waals surface area contributed by atoms with Crippen LogP contribution in [0.5, 0.6) is 11.9 Å². The number of esters is 1. The van der Waals surface area contributed by atoms with Crippen LogP contribution in [0.1, 0.15) is 37.7 Å². The van der Waals surface area contributed by atoms with Crippen LogP contribution in [0.2, 0.25) is 0 Å². The van der Waals surface area contributed by atoms with Gasteiger partial charge in [-0.25, -0.2) is 4.79 Å². The average Bonchev–Trinajstić information content (AvgIpc) is 2.53. The standard InChI is InChI=1S/C15H23N3O5/c1-6-23-14(20)11(7-9(2)3)16-13(19)10-8-12(21-4)18-15(17-10)22-5/h8-9,11H,6-7H2,1-5H3,(H,16,19)/t11-/m0/s1. The van der Waals surface area contributed by atoms with Crippen molar-refractivity contribution in [3.63, 3.8) is 0 Å². The van der Waals surface area contributed by atoms with E-state index < -0.39 is 17.9 Å². The second-order valence-corrected chi connectivity index (χ2v) is 5.19. The Hall–Kier alpha value is -2.38. The van der Waals surface area contributed by atoms with Gasteiger partial charge in [0.2, 0.25) is 5.88 Å². The lowest BCUT2D eigenvalue weighted by atomic mass is 10.0. The minimum absolute atomic E-state index is 0.00560. The van der Waals surface area contributed by atoms with Crippen LogP contribution in [0.25, 0.3) is 0 Å². The molecule has 1 aromatic rings. The quantitative estimate of drug-likeness (QED) is 0.717. The molecular formula is C15H23N3O5. The number of nitrogens with zero attached hydrogens (tertiary/aromatic N) is 2. The number of ether oxygens (including phenoxy) is 3. The Morgan fingerprint density at radius 3 is 2.43 bits per heavy atom. The highest BCUT2D eigenvalue weighted by Crippen LogP contribution is 2.14. The Kier molecular flexibility index (Phi) is 7.24. The van der Waals surface area contributed by atoms with Crippen molar-refractivity contribution in [1.82, 2.24) is 15.3 Å². The molecule has 0 aliphatic carbocycles. The first kappa shape index (κ1) is 18.7. The van der Waals surface area contributed by atoms with Gasteiger partial charge in [0.15, 0.2) is 0 Å². The molecule has 1 N–H and O–H groups in total. The third kappa shape index (κ3) is 5.72. The molecule has 1 amide bonds. The maximum atomic E-state index is 12.4. The first-order valence-corrected chi connectivity index (χ1v) is 7.35. The molecule has 0 bridgehead atoms. The molecule has 1 aromatic heterocycles. The largest absolute Gasteiger partial charge is 0.481 e. The van der Waals surface area contributed by atoms with E-state index in [0.29, 0.717) is 6.42 Å². The summed E-state index contributed by atoms with van der Waals surface area (Å²) in [5.41, 5.74) is 0.0479. The lowest BCUT2D eigenvalue weighted by Crippen LogP contribution is -2.43. The van der Waals surface area contributed by atoms with Gasteiger partial charge in [0.05, 0.1) is 20.8 Å². The zero-order valence-corrected chi connectivity index (χ0v) is 14.1. The maximum Gasteiger partial charge on any atom is 0.328 e. The molecule has 1 heterocycles. The zero-order valence-electron chi connectivity index (χ0n) is 14.1. The van der Waals surface area contributed by atoms with Crippen LogP contribution in [-0.2, 0) is 9.53 Å². The summed E-state index contributed by atoms with van der Waals surface area (Å²) in [7, 11) is 2.81. The van der Waals surface area contributed by atoms with Crippen molar-refractivity contribution in [3.05, 3.63) is 11.8 Å². The van der Waals surface area contributed by atoms with Gasteiger partial charge < -0.3 is 19.5 Å². The van der Waals surface area contributed by atoms with Crippen molar-refractivity contribution in [2.24, 2.45) is 5.92 Å². The van der Waals surface area contributed by atoms with E-state index in [1.54, 1.807) is 6.92 Å². The number of hydrogen-bond acceptors (Lipinski definition) is 7. The summed E-state index contributed by atoms with van der Waals surface area (Å²) in [5.74, 6) is -0.594. The summed E-state index contributed by atoms with van der Waals surface area (Å²) in [6, 6.07) is 0.635. The monoisotopic (exact) mass is 325 g/mol. The Bertz CT molecular complexity index is 526. The van der Waals surface area contributed by atoms with Gasteiger partial charge in [0.1, 0.15) is 11.7 Å². The molecule has 0 aliphatic heterocycles. The number of nitrogens with one attached hydrogen (secondary N) is 1. The van der Waals surface area contributed by atoms with Gasteiger partial charge in [-0.1, -0.05) is 13.8 Å². The number of aromatic nitrogens is 2. The van der Waals surface area contributed by atoms with Crippen molar-refractivity contribution in [2.45, 2.75) is 33.2 Å². The predicted octanol–water partition coefficient (Wildman–Crippen LogP) is 1.20. The normalized spacial score (nSPS) is 11.7. The molecule has 128 valence electrons. The van der Waals surface area contributed by atoms with Crippen LogP contribution in [-0.4, -0.2) is 48.7 Å². The Balaban J connectivity index is 2.95. The number of amides is 1. The molecule has 0 aliphatic rings. The fourth-order valence-electron chi connectivity index (χ4n) is 1.88. The van der Waals surface area contributed by atoms with Gasteiger partial charge >= 0.3 is 12.0 Å². The highest BCUT2D eigenvalue weighted by atomic mass is 16.5. The minimum Gasteiger partial charge on any atom is -0.481 e. The third-order valence-corrected chi connectivity index (χ3v) is 2.89. The van der Waals surface area contributed by atoms with Gasteiger partial charge in [-0.3, -0.25) is 4.79 Å². The molecular weight excluding hydrogens is 302 g/mol. The van der Waals surface area contributed by atoms with Gasteiger partial charge in [-0.05, 0) is 19.3 Å². The number of carbonyl (C=O) groups is 2. The number of methoxy groups -OCH3 is 2. The van der Waals surface area contributed by atoms with Gasteiger partial charge in [0.25, 0.3) is 5.91 Å². The molecule has 0 spiro atoms. The van der Waals surface area contributed by atoms with Crippen LogP contribution >= 0.6 is 0 Å². The van der Waals surface area contributed by atoms with Gasteiger partial charge in [-0.15, -0.1) is 0 Å². The van der Waals surface area contributed by atoms with Crippen LogP contribution in [0, 0.1) is 5.92 Å². The summed E-state index contributed by atoms with van der Waals surface area (Å²) in [6.45, 7) is 5.87. The van der Waals surface area contributed by atoms with Crippen LogP contribution in [0.4, 0.5) is 0 Å². The molecule has 0 aromatic carbocycles. The lowest BCUT2D eigenvalue weighted by Gasteiger charge is -2.19. The zero-order chi connectivity index (χ0) is 17.4. The van der Waals surface area contributed by atoms with Crippen molar-refractivity contribution in [1.29, 1.82) is 0 Å². The number of rotatable bonds is 8. The summed E-state index contributed by atoms with van der Waals surface area (Å²) in [5, 5.41) is 2.64. The SMILES string of the molecule is CCOC(=O)[C@H](CC(C)C)NC(=O)c1cc(OC)nc(OC)n1. The maximum absolute atomic E-state index is 12.4. The fourth-order valence-corrected chi connectivity index (χ4v) is 1.88. The molecule has 0 saturated carbocycles.